The van der Waals surface area contributed by atoms with Gasteiger partial charge in [-0.1, -0.05) is 34.8 Å². The molecule has 4 aromatic heterocycles. The molecule has 9 heteroatoms. The molecule has 0 aromatic carbocycles. The summed E-state index contributed by atoms with van der Waals surface area (Å²) < 4.78 is 0. The Morgan fingerprint density at radius 2 is 0.778 bits per heavy atom. The van der Waals surface area contributed by atoms with Gasteiger partial charge in [-0.2, -0.15) is 0 Å². The maximum absolute atomic E-state index is 6.30. The number of aromatic nitrogens is 6. The lowest BCUT2D eigenvalue weighted by Gasteiger charge is -2.10. The Bertz CT molecular complexity index is 981. The summed E-state index contributed by atoms with van der Waals surface area (Å²) in [4.78, 5) is 25.8. The molecule has 4 heterocycles. The molecule has 0 saturated carbocycles. The van der Waals surface area contributed by atoms with Gasteiger partial charge in [-0.3, -0.25) is 15.0 Å². The molecule has 0 atom stereocenters. The maximum atomic E-state index is 6.30. The Labute approximate surface area is 169 Å². The van der Waals surface area contributed by atoms with Crippen LogP contribution in [-0.4, -0.2) is 29.9 Å². The Kier molecular flexibility index (Phi) is 4.94. The Morgan fingerprint density at radius 1 is 0.481 bits per heavy atom. The van der Waals surface area contributed by atoms with Crippen LogP contribution in [0.3, 0.4) is 0 Å². The largest absolute Gasteiger partial charge is 0.264 e. The summed E-state index contributed by atoms with van der Waals surface area (Å²) in [6.07, 6.45) is 9.52. The van der Waals surface area contributed by atoms with Crippen molar-refractivity contribution in [3.63, 3.8) is 0 Å². The fourth-order valence-corrected chi connectivity index (χ4v) is 2.93. The molecule has 4 aromatic rings. The zero-order valence-electron chi connectivity index (χ0n) is 13.5. The van der Waals surface area contributed by atoms with Crippen LogP contribution in [0.4, 0.5) is 0 Å². The van der Waals surface area contributed by atoms with Crippen molar-refractivity contribution in [2.75, 3.05) is 0 Å². The molecule has 0 saturated heterocycles. The van der Waals surface area contributed by atoms with Crippen LogP contribution < -0.4 is 0 Å². The van der Waals surface area contributed by atoms with Crippen LogP contribution in [-0.2, 0) is 0 Å². The van der Waals surface area contributed by atoms with Gasteiger partial charge in [0.2, 0.25) is 0 Å². The normalized spacial score (nSPS) is 10.8. The minimum atomic E-state index is 0.341. The van der Waals surface area contributed by atoms with Crippen LogP contribution >= 0.6 is 34.8 Å². The molecule has 132 valence electrons. The number of hydrogen-bond acceptors (Lipinski definition) is 6. The standard InChI is InChI=1S/C18H9Cl3N6/c19-13-1-4-22-7-10(13)16-25-17(11-8-23-5-2-14(11)20)27-18(26-16)12-9-24-6-3-15(12)21/h1-9H. The number of halogens is 3. The topological polar surface area (TPSA) is 77.3 Å². The average Bonchev–Trinajstić information content (AvgIpc) is 2.69. The average molecular weight is 416 g/mol. The lowest BCUT2D eigenvalue weighted by atomic mass is 10.2. The van der Waals surface area contributed by atoms with Crippen LogP contribution in [0.15, 0.2) is 55.4 Å². The van der Waals surface area contributed by atoms with Crippen LogP contribution in [0.5, 0.6) is 0 Å². The summed E-state index contributed by atoms with van der Waals surface area (Å²) in [5.74, 6) is 1.02. The van der Waals surface area contributed by atoms with Crippen LogP contribution in [0.2, 0.25) is 15.1 Å². The lowest BCUT2D eigenvalue weighted by Crippen LogP contribution is -2.01. The molecule has 0 aliphatic carbocycles. The third-order valence-electron chi connectivity index (χ3n) is 3.66. The molecule has 27 heavy (non-hydrogen) atoms. The molecule has 0 spiro atoms. The quantitative estimate of drug-likeness (QED) is 0.467. The Hall–Kier alpha value is -2.67. The summed E-state index contributed by atoms with van der Waals surface area (Å²) in [5, 5.41) is 1.38. The first-order valence-electron chi connectivity index (χ1n) is 7.69. The molecule has 0 radical (unpaired) electrons. The van der Waals surface area contributed by atoms with Crippen molar-refractivity contribution in [1.29, 1.82) is 0 Å². The van der Waals surface area contributed by atoms with Gasteiger partial charge in [0.25, 0.3) is 0 Å². The van der Waals surface area contributed by atoms with Gasteiger partial charge in [0, 0.05) is 37.2 Å². The summed E-state index contributed by atoms with van der Waals surface area (Å²) >= 11 is 18.9. The van der Waals surface area contributed by atoms with Gasteiger partial charge in [0.15, 0.2) is 17.5 Å². The van der Waals surface area contributed by atoms with Crippen LogP contribution in [0.1, 0.15) is 0 Å². The molecule has 4 rings (SSSR count). The van der Waals surface area contributed by atoms with Crippen molar-refractivity contribution in [3.05, 3.63) is 70.4 Å². The Morgan fingerprint density at radius 3 is 1.04 bits per heavy atom. The third kappa shape index (κ3) is 3.60. The van der Waals surface area contributed by atoms with Gasteiger partial charge in [-0.15, -0.1) is 0 Å². The molecule has 0 bridgehead atoms. The van der Waals surface area contributed by atoms with Crippen LogP contribution in [0, 0.1) is 0 Å². The predicted molar refractivity (Wildman–Crippen MR) is 105 cm³/mol. The van der Waals surface area contributed by atoms with E-state index in [2.05, 4.69) is 29.9 Å². The van der Waals surface area contributed by atoms with Gasteiger partial charge in [-0.25, -0.2) is 15.0 Å². The van der Waals surface area contributed by atoms with Gasteiger partial charge in [-0.05, 0) is 18.2 Å². The highest BCUT2D eigenvalue weighted by Crippen LogP contribution is 2.31. The lowest BCUT2D eigenvalue weighted by molar-refractivity contribution is 1.06. The summed E-state index contributed by atoms with van der Waals surface area (Å²) in [7, 11) is 0. The molecule has 6 nitrogen and oxygen atoms in total. The first-order chi connectivity index (χ1) is 13.1. The fourth-order valence-electron chi connectivity index (χ4n) is 2.36. The van der Waals surface area contributed by atoms with Crippen LogP contribution in [0.25, 0.3) is 34.2 Å². The molecule has 0 aliphatic rings. The summed E-state index contributed by atoms with van der Waals surface area (Å²) in [6.45, 7) is 0. The molecular formula is C18H9Cl3N6. The molecular weight excluding hydrogens is 407 g/mol. The van der Waals surface area contributed by atoms with E-state index in [1.807, 2.05) is 0 Å². The highest BCUT2D eigenvalue weighted by Gasteiger charge is 2.17. The van der Waals surface area contributed by atoms with E-state index in [0.717, 1.165) is 0 Å². The SMILES string of the molecule is Clc1ccncc1-c1nc(-c2cnccc2Cl)nc(-c2cnccc2Cl)n1. The van der Waals surface area contributed by atoms with E-state index in [0.29, 0.717) is 49.2 Å². The maximum Gasteiger partial charge on any atom is 0.167 e. The van der Waals surface area contributed by atoms with E-state index in [4.69, 9.17) is 34.8 Å². The van der Waals surface area contributed by atoms with Gasteiger partial charge in [0.05, 0.1) is 31.8 Å². The molecule has 0 amide bonds. The zero-order valence-corrected chi connectivity index (χ0v) is 15.8. The first kappa shape index (κ1) is 17.7. The minimum Gasteiger partial charge on any atom is -0.264 e. The number of rotatable bonds is 3. The van der Waals surface area contributed by atoms with Gasteiger partial charge < -0.3 is 0 Å². The predicted octanol–water partition coefficient (Wildman–Crippen LogP) is 5.02. The summed E-state index contributed by atoms with van der Waals surface area (Å²) in [5.41, 5.74) is 1.68. The van der Waals surface area contributed by atoms with Gasteiger partial charge in [0.1, 0.15) is 0 Å². The number of hydrogen-bond donors (Lipinski definition) is 0. The monoisotopic (exact) mass is 414 g/mol. The molecule has 0 aliphatic heterocycles. The van der Waals surface area contributed by atoms with E-state index in [9.17, 15) is 0 Å². The van der Waals surface area contributed by atoms with E-state index < -0.39 is 0 Å². The first-order valence-corrected chi connectivity index (χ1v) is 8.82. The van der Waals surface area contributed by atoms with Crippen molar-refractivity contribution in [3.8, 4) is 34.2 Å². The number of pyridine rings is 3. The zero-order chi connectivity index (χ0) is 18.8. The van der Waals surface area contributed by atoms with Gasteiger partial charge >= 0.3 is 0 Å². The van der Waals surface area contributed by atoms with Crippen molar-refractivity contribution in [2.24, 2.45) is 0 Å². The highest BCUT2D eigenvalue weighted by atomic mass is 35.5. The molecule has 0 fully saturated rings. The van der Waals surface area contributed by atoms with Crippen molar-refractivity contribution < 1.29 is 0 Å². The second-order valence-corrected chi connectivity index (χ2v) is 6.59. The Balaban J connectivity index is 1.99. The van der Waals surface area contributed by atoms with E-state index in [1.54, 1.807) is 55.4 Å². The summed E-state index contributed by atoms with van der Waals surface area (Å²) in [6, 6.07) is 4.98. The second-order valence-electron chi connectivity index (χ2n) is 5.37. The minimum absolute atomic E-state index is 0.341. The van der Waals surface area contributed by atoms with E-state index >= 15 is 0 Å². The highest BCUT2D eigenvalue weighted by molar-refractivity contribution is 6.34. The van der Waals surface area contributed by atoms with E-state index in [1.165, 1.54) is 0 Å². The second kappa shape index (κ2) is 7.52. The number of nitrogens with zero attached hydrogens (tertiary/aromatic N) is 6. The van der Waals surface area contributed by atoms with E-state index in [-0.39, 0.29) is 0 Å². The van der Waals surface area contributed by atoms with Crippen molar-refractivity contribution in [1.82, 2.24) is 29.9 Å². The molecule has 0 unspecified atom stereocenters. The van der Waals surface area contributed by atoms with Crippen molar-refractivity contribution >= 4 is 34.8 Å². The molecule has 0 N–H and O–H groups in total. The third-order valence-corrected chi connectivity index (χ3v) is 4.65. The van der Waals surface area contributed by atoms with Crippen molar-refractivity contribution in [2.45, 2.75) is 0 Å². The smallest absolute Gasteiger partial charge is 0.167 e. The fraction of sp³-hybridized carbons (Fsp3) is 0.